The smallest absolute Gasteiger partial charge is 0.252 e. The van der Waals surface area contributed by atoms with E-state index in [1.54, 1.807) is 4.90 Å². The molecule has 0 unspecified atom stereocenters. The van der Waals surface area contributed by atoms with E-state index in [9.17, 15) is 9.59 Å². The molecule has 3 heterocycles. The number of carbonyl (C=O) groups excluding carboxylic acids is 2. The van der Waals surface area contributed by atoms with E-state index in [0.29, 0.717) is 18.7 Å². The Kier molecular flexibility index (Phi) is 5.18. The van der Waals surface area contributed by atoms with Crippen LogP contribution in [0.4, 0.5) is 5.69 Å². The quantitative estimate of drug-likeness (QED) is 0.385. The predicted molar refractivity (Wildman–Crippen MR) is 148 cm³/mol. The summed E-state index contributed by atoms with van der Waals surface area (Å²) < 4.78 is 0. The highest BCUT2D eigenvalue weighted by molar-refractivity contribution is 6.12. The van der Waals surface area contributed by atoms with Gasteiger partial charge in [0.15, 0.2) is 0 Å². The SMILES string of the molecule is O=C1[C@H]2N(Cc3ccccc3)C(=O)/C(=C\c3ccccc3)[C@]23c2ccccc2N[C@@H]3N1Cc1ccccc1. The maximum Gasteiger partial charge on any atom is 0.252 e. The molecular formula is C33H27N3O2. The van der Waals surface area contributed by atoms with Crippen LogP contribution < -0.4 is 5.32 Å². The van der Waals surface area contributed by atoms with Gasteiger partial charge in [-0.25, -0.2) is 0 Å². The first kappa shape index (κ1) is 22.5. The Labute approximate surface area is 222 Å². The zero-order valence-corrected chi connectivity index (χ0v) is 20.8. The zero-order valence-electron chi connectivity index (χ0n) is 20.8. The largest absolute Gasteiger partial charge is 0.364 e. The van der Waals surface area contributed by atoms with E-state index in [1.807, 2.05) is 114 Å². The summed E-state index contributed by atoms with van der Waals surface area (Å²) >= 11 is 0. The summed E-state index contributed by atoms with van der Waals surface area (Å²) in [5, 5.41) is 3.67. The molecular weight excluding hydrogens is 470 g/mol. The normalized spacial score (nSPS) is 24.4. The molecule has 0 saturated carbocycles. The van der Waals surface area contributed by atoms with Crippen molar-refractivity contribution in [3.8, 4) is 0 Å². The van der Waals surface area contributed by atoms with E-state index in [2.05, 4.69) is 17.4 Å². The third-order valence-corrected chi connectivity index (χ3v) is 8.11. The number of anilines is 1. The average molecular weight is 498 g/mol. The summed E-state index contributed by atoms with van der Waals surface area (Å²) in [6.45, 7) is 0.841. The molecule has 186 valence electrons. The number of carbonyl (C=O) groups is 2. The van der Waals surface area contributed by atoms with Crippen LogP contribution in [0.15, 0.2) is 121 Å². The van der Waals surface area contributed by atoms with Gasteiger partial charge in [0.25, 0.3) is 5.91 Å². The van der Waals surface area contributed by atoms with E-state index < -0.39 is 11.5 Å². The van der Waals surface area contributed by atoms with E-state index >= 15 is 0 Å². The molecule has 1 N–H and O–H groups in total. The lowest BCUT2D eigenvalue weighted by Crippen LogP contribution is -2.46. The number of amides is 2. The van der Waals surface area contributed by atoms with Crippen LogP contribution in [-0.2, 0) is 28.1 Å². The van der Waals surface area contributed by atoms with Gasteiger partial charge in [0.2, 0.25) is 5.91 Å². The molecule has 3 aliphatic rings. The minimum Gasteiger partial charge on any atom is -0.364 e. The van der Waals surface area contributed by atoms with E-state index in [1.165, 1.54) is 0 Å². The van der Waals surface area contributed by atoms with Crippen LogP contribution in [0.1, 0.15) is 22.3 Å². The number of benzene rings is 4. The van der Waals surface area contributed by atoms with Crippen molar-refractivity contribution in [3.05, 3.63) is 143 Å². The van der Waals surface area contributed by atoms with Gasteiger partial charge in [-0.1, -0.05) is 109 Å². The highest BCUT2D eigenvalue weighted by atomic mass is 16.2. The van der Waals surface area contributed by atoms with Crippen LogP contribution in [0.25, 0.3) is 6.08 Å². The fraction of sp³-hybridized carbons (Fsp3) is 0.152. The predicted octanol–water partition coefficient (Wildman–Crippen LogP) is 5.21. The molecule has 2 amide bonds. The Morgan fingerprint density at radius 3 is 1.89 bits per heavy atom. The lowest BCUT2D eigenvalue weighted by Gasteiger charge is -2.31. The number of hydrogen-bond donors (Lipinski definition) is 1. The first-order valence-corrected chi connectivity index (χ1v) is 13.0. The Hall–Kier alpha value is -4.64. The lowest BCUT2D eigenvalue weighted by atomic mass is 9.72. The van der Waals surface area contributed by atoms with Crippen molar-refractivity contribution in [3.63, 3.8) is 0 Å². The van der Waals surface area contributed by atoms with Gasteiger partial charge in [-0.05, 0) is 34.4 Å². The minimum absolute atomic E-state index is 0.0263. The fourth-order valence-corrected chi connectivity index (χ4v) is 6.54. The fourth-order valence-electron chi connectivity index (χ4n) is 6.54. The van der Waals surface area contributed by atoms with Gasteiger partial charge in [-0.2, -0.15) is 0 Å². The minimum atomic E-state index is -0.829. The van der Waals surface area contributed by atoms with E-state index in [0.717, 1.165) is 27.9 Å². The molecule has 0 radical (unpaired) electrons. The standard InChI is InChI=1S/C33H27N3O2/c37-30-27(20-23-12-4-1-5-13-23)33-26-18-10-11-19-28(26)34-32(33)36(22-25-16-8-3-9-17-25)31(38)29(33)35(30)21-24-14-6-2-7-15-24/h1-20,29,32,34H,21-22H2/b27-20+/t29-,32-,33-/m1/s1. The molecule has 2 saturated heterocycles. The van der Waals surface area contributed by atoms with Crippen LogP contribution in [0, 0.1) is 0 Å². The maximum absolute atomic E-state index is 14.4. The monoisotopic (exact) mass is 497 g/mol. The molecule has 0 aliphatic carbocycles. The van der Waals surface area contributed by atoms with Gasteiger partial charge in [0.1, 0.15) is 12.2 Å². The van der Waals surface area contributed by atoms with Gasteiger partial charge in [-0.15, -0.1) is 0 Å². The Bertz CT molecular complexity index is 1550. The van der Waals surface area contributed by atoms with Gasteiger partial charge < -0.3 is 15.1 Å². The molecule has 4 aromatic carbocycles. The van der Waals surface area contributed by atoms with Crippen molar-refractivity contribution >= 4 is 23.6 Å². The van der Waals surface area contributed by atoms with Crippen molar-refractivity contribution in [1.82, 2.24) is 9.80 Å². The molecule has 4 aromatic rings. The molecule has 1 spiro atoms. The number of nitrogens with zero attached hydrogens (tertiary/aromatic N) is 2. The van der Waals surface area contributed by atoms with Crippen LogP contribution in [0.2, 0.25) is 0 Å². The summed E-state index contributed by atoms with van der Waals surface area (Å²) in [6, 6.07) is 37.4. The molecule has 0 aromatic heterocycles. The van der Waals surface area contributed by atoms with Crippen molar-refractivity contribution in [1.29, 1.82) is 0 Å². The van der Waals surface area contributed by atoms with Crippen molar-refractivity contribution < 1.29 is 9.59 Å². The molecule has 3 aliphatic heterocycles. The number of fused-ring (bicyclic) bond motifs is 1. The van der Waals surface area contributed by atoms with Crippen molar-refractivity contribution in [2.75, 3.05) is 5.32 Å². The van der Waals surface area contributed by atoms with E-state index in [4.69, 9.17) is 0 Å². The van der Waals surface area contributed by atoms with Crippen molar-refractivity contribution in [2.45, 2.75) is 30.7 Å². The average Bonchev–Trinajstić information content (AvgIpc) is 3.50. The highest BCUT2D eigenvalue weighted by Gasteiger charge is 2.72. The number of nitrogens with one attached hydrogen (secondary N) is 1. The number of likely N-dealkylation sites (tertiary alicyclic amines) is 2. The van der Waals surface area contributed by atoms with Gasteiger partial charge in [0, 0.05) is 24.4 Å². The maximum atomic E-state index is 14.4. The third kappa shape index (κ3) is 3.25. The summed E-state index contributed by atoms with van der Waals surface area (Å²) in [6.07, 6.45) is 1.62. The molecule has 3 atom stereocenters. The summed E-state index contributed by atoms with van der Waals surface area (Å²) in [4.78, 5) is 32.5. The lowest BCUT2D eigenvalue weighted by molar-refractivity contribution is -0.139. The summed E-state index contributed by atoms with van der Waals surface area (Å²) in [7, 11) is 0. The summed E-state index contributed by atoms with van der Waals surface area (Å²) in [5.41, 5.74) is 4.82. The second-order valence-electron chi connectivity index (χ2n) is 10.2. The molecule has 5 nitrogen and oxygen atoms in total. The summed E-state index contributed by atoms with van der Waals surface area (Å²) in [5.74, 6) is -0.111. The van der Waals surface area contributed by atoms with Crippen LogP contribution in [-0.4, -0.2) is 33.8 Å². The highest BCUT2D eigenvalue weighted by Crippen LogP contribution is 2.59. The van der Waals surface area contributed by atoms with Gasteiger partial charge in [0.05, 0.1) is 5.41 Å². The second-order valence-corrected chi connectivity index (χ2v) is 10.2. The van der Waals surface area contributed by atoms with E-state index in [-0.39, 0.29) is 18.0 Å². The number of para-hydroxylation sites is 1. The Morgan fingerprint density at radius 2 is 1.24 bits per heavy atom. The third-order valence-electron chi connectivity index (χ3n) is 8.11. The van der Waals surface area contributed by atoms with Crippen molar-refractivity contribution in [2.24, 2.45) is 0 Å². The first-order chi connectivity index (χ1) is 18.7. The number of rotatable bonds is 5. The number of hydrogen-bond acceptors (Lipinski definition) is 3. The first-order valence-electron chi connectivity index (χ1n) is 13.0. The molecule has 2 fully saturated rings. The molecule has 7 rings (SSSR count). The van der Waals surface area contributed by atoms with Gasteiger partial charge in [-0.3, -0.25) is 9.59 Å². The second kappa shape index (κ2) is 8.73. The topological polar surface area (TPSA) is 52.7 Å². The molecule has 38 heavy (non-hydrogen) atoms. The van der Waals surface area contributed by atoms with Crippen LogP contribution in [0.3, 0.4) is 0 Å². The van der Waals surface area contributed by atoms with Crippen LogP contribution >= 0.6 is 0 Å². The van der Waals surface area contributed by atoms with Gasteiger partial charge >= 0.3 is 0 Å². The molecule has 5 heteroatoms. The molecule has 0 bridgehead atoms. The van der Waals surface area contributed by atoms with Crippen LogP contribution in [0.5, 0.6) is 0 Å². The Morgan fingerprint density at radius 1 is 0.684 bits per heavy atom. The Balaban J connectivity index is 1.44. The zero-order chi connectivity index (χ0) is 25.7.